The number of likely N-dealkylation sites (tertiary alicyclic amines) is 1. The summed E-state index contributed by atoms with van der Waals surface area (Å²) in [6, 6.07) is 8.03. The van der Waals surface area contributed by atoms with Crippen LogP contribution >= 0.6 is 47.9 Å². The highest BCUT2D eigenvalue weighted by Gasteiger charge is 2.36. The van der Waals surface area contributed by atoms with Gasteiger partial charge in [-0.3, -0.25) is 4.79 Å². The SMILES string of the molecule is Cc1nc(CSc2ccccc2C(=O)N2CCC(N)C(C)(C)C2)cs1.Cl.Cl. The Balaban J connectivity index is 0.00000182. The predicted octanol–water partition coefficient (Wildman–Crippen LogP) is 4.79. The van der Waals surface area contributed by atoms with E-state index in [-0.39, 0.29) is 42.2 Å². The maximum absolute atomic E-state index is 13.1. The molecule has 4 nitrogen and oxygen atoms in total. The number of halogens is 2. The van der Waals surface area contributed by atoms with Crippen LogP contribution in [-0.2, 0) is 5.75 Å². The van der Waals surface area contributed by atoms with E-state index in [4.69, 9.17) is 5.73 Å². The zero-order chi connectivity index (χ0) is 18.0. The van der Waals surface area contributed by atoms with Crippen LogP contribution in [0.2, 0.25) is 0 Å². The molecular weight excluding hydrogens is 421 g/mol. The normalized spacial score (nSPS) is 18.4. The lowest BCUT2D eigenvalue weighted by Crippen LogP contribution is -2.54. The smallest absolute Gasteiger partial charge is 0.255 e. The standard InChI is InChI=1S/C19H25N3OS2.2ClH/c1-13-21-14(10-24-13)11-25-16-7-5-4-6-15(16)18(23)22-9-8-17(20)19(2,3)12-22;;/h4-7,10,17H,8-9,11-12,20H2,1-3H3;2*1H. The number of benzene rings is 1. The fourth-order valence-corrected chi connectivity index (χ4v) is 4.77. The molecule has 1 aromatic heterocycles. The first-order chi connectivity index (χ1) is 11.9. The van der Waals surface area contributed by atoms with Gasteiger partial charge in [0.05, 0.1) is 16.3 Å². The quantitative estimate of drug-likeness (QED) is 0.684. The number of rotatable bonds is 4. The van der Waals surface area contributed by atoms with Gasteiger partial charge in [-0.05, 0) is 30.9 Å². The molecule has 150 valence electrons. The molecular formula is C19H27Cl2N3OS2. The summed E-state index contributed by atoms with van der Waals surface area (Å²) in [5.74, 6) is 0.892. The van der Waals surface area contributed by atoms with E-state index >= 15 is 0 Å². The zero-order valence-electron chi connectivity index (χ0n) is 15.8. The molecule has 1 unspecified atom stereocenters. The zero-order valence-corrected chi connectivity index (χ0v) is 19.1. The van der Waals surface area contributed by atoms with Crippen molar-refractivity contribution in [2.75, 3.05) is 13.1 Å². The van der Waals surface area contributed by atoms with Crippen molar-refractivity contribution in [1.29, 1.82) is 0 Å². The largest absolute Gasteiger partial charge is 0.338 e. The highest BCUT2D eigenvalue weighted by atomic mass is 35.5. The van der Waals surface area contributed by atoms with E-state index in [0.29, 0.717) is 6.54 Å². The lowest BCUT2D eigenvalue weighted by atomic mass is 9.79. The Kier molecular flexibility index (Phi) is 9.09. The summed E-state index contributed by atoms with van der Waals surface area (Å²) in [4.78, 5) is 20.6. The van der Waals surface area contributed by atoms with Crippen molar-refractivity contribution in [2.45, 2.75) is 43.9 Å². The van der Waals surface area contributed by atoms with Gasteiger partial charge in [0.25, 0.3) is 5.91 Å². The van der Waals surface area contributed by atoms with Gasteiger partial charge < -0.3 is 10.6 Å². The lowest BCUT2D eigenvalue weighted by molar-refractivity contribution is 0.0529. The number of thiazole rings is 1. The summed E-state index contributed by atoms with van der Waals surface area (Å²) < 4.78 is 0. The molecule has 0 bridgehead atoms. The van der Waals surface area contributed by atoms with Crippen molar-refractivity contribution in [1.82, 2.24) is 9.88 Å². The Morgan fingerprint density at radius 3 is 2.70 bits per heavy atom. The molecule has 2 N–H and O–H groups in total. The van der Waals surface area contributed by atoms with Crippen LogP contribution in [-0.4, -0.2) is 34.9 Å². The summed E-state index contributed by atoms with van der Waals surface area (Å²) >= 11 is 3.34. The van der Waals surface area contributed by atoms with E-state index in [0.717, 1.165) is 39.9 Å². The highest BCUT2D eigenvalue weighted by Crippen LogP contribution is 2.31. The van der Waals surface area contributed by atoms with E-state index in [1.165, 1.54) is 0 Å². The van der Waals surface area contributed by atoms with E-state index < -0.39 is 0 Å². The summed E-state index contributed by atoms with van der Waals surface area (Å²) in [6.07, 6.45) is 0.853. The van der Waals surface area contributed by atoms with Gasteiger partial charge in [0.1, 0.15) is 0 Å². The highest BCUT2D eigenvalue weighted by molar-refractivity contribution is 7.98. The minimum absolute atomic E-state index is 0. The number of hydrogen-bond donors (Lipinski definition) is 1. The molecule has 2 aromatic rings. The lowest BCUT2D eigenvalue weighted by Gasteiger charge is -2.42. The second kappa shape index (κ2) is 10.1. The molecule has 2 heterocycles. The molecule has 0 aliphatic carbocycles. The molecule has 27 heavy (non-hydrogen) atoms. The van der Waals surface area contributed by atoms with E-state index in [2.05, 4.69) is 24.2 Å². The minimum Gasteiger partial charge on any atom is -0.338 e. The maximum atomic E-state index is 13.1. The van der Waals surface area contributed by atoms with Crippen LogP contribution in [0.4, 0.5) is 0 Å². The number of carbonyl (C=O) groups excluding carboxylic acids is 1. The first-order valence-corrected chi connectivity index (χ1v) is 10.4. The molecule has 0 spiro atoms. The van der Waals surface area contributed by atoms with Gasteiger partial charge >= 0.3 is 0 Å². The number of nitrogens with zero attached hydrogens (tertiary/aromatic N) is 2. The third-order valence-electron chi connectivity index (χ3n) is 4.76. The number of thioether (sulfide) groups is 1. The molecule has 8 heteroatoms. The van der Waals surface area contributed by atoms with E-state index in [1.807, 2.05) is 36.1 Å². The number of nitrogens with two attached hydrogens (primary N) is 1. The molecule has 1 aliphatic heterocycles. The second-order valence-electron chi connectivity index (χ2n) is 7.25. The van der Waals surface area contributed by atoms with Crippen molar-refractivity contribution < 1.29 is 4.79 Å². The summed E-state index contributed by atoms with van der Waals surface area (Å²) in [6.45, 7) is 7.73. The summed E-state index contributed by atoms with van der Waals surface area (Å²) in [5.41, 5.74) is 8.01. The molecule has 1 atom stereocenters. The van der Waals surface area contributed by atoms with Gasteiger partial charge in [-0.15, -0.1) is 47.9 Å². The third-order valence-corrected chi connectivity index (χ3v) is 6.69. The topological polar surface area (TPSA) is 59.2 Å². The van der Waals surface area contributed by atoms with Crippen molar-refractivity contribution in [3.05, 3.63) is 45.9 Å². The third kappa shape index (κ3) is 5.84. The first kappa shape index (κ1) is 24.2. The number of piperidine rings is 1. The molecule has 1 aromatic carbocycles. The van der Waals surface area contributed by atoms with Crippen LogP contribution in [0.25, 0.3) is 0 Å². The van der Waals surface area contributed by atoms with E-state index in [9.17, 15) is 4.79 Å². The van der Waals surface area contributed by atoms with Crippen LogP contribution in [0.15, 0.2) is 34.5 Å². The molecule has 3 rings (SSSR count). The van der Waals surface area contributed by atoms with Gasteiger partial charge in [0.2, 0.25) is 0 Å². The fourth-order valence-electron chi connectivity index (χ4n) is 3.11. The average Bonchev–Trinajstić information content (AvgIpc) is 3.00. The number of carbonyl (C=O) groups is 1. The summed E-state index contributed by atoms with van der Waals surface area (Å²) in [7, 11) is 0. The Morgan fingerprint density at radius 1 is 1.37 bits per heavy atom. The van der Waals surface area contributed by atoms with Crippen LogP contribution in [0.3, 0.4) is 0 Å². The fraction of sp³-hybridized carbons (Fsp3) is 0.474. The molecule has 0 radical (unpaired) electrons. The number of hydrogen-bond acceptors (Lipinski definition) is 5. The van der Waals surface area contributed by atoms with Gasteiger partial charge in [0, 0.05) is 35.2 Å². The molecule has 1 aliphatic rings. The number of aromatic nitrogens is 1. The van der Waals surface area contributed by atoms with Crippen LogP contribution in [0, 0.1) is 12.3 Å². The molecule has 1 fully saturated rings. The van der Waals surface area contributed by atoms with Crippen molar-refractivity contribution in [3.63, 3.8) is 0 Å². The Bertz CT molecular complexity index is 767. The number of amides is 1. The summed E-state index contributed by atoms with van der Waals surface area (Å²) in [5, 5.41) is 3.16. The van der Waals surface area contributed by atoms with E-state index in [1.54, 1.807) is 23.1 Å². The van der Waals surface area contributed by atoms with Crippen molar-refractivity contribution >= 4 is 53.8 Å². The first-order valence-electron chi connectivity index (χ1n) is 8.54. The molecule has 1 amide bonds. The molecule has 0 saturated carbocycles. The van der Waals surface area contributed by atoms with Gasteiger partial charge in [-0.25, -0.2) is 4.98 Å². The number of aryl methyl sites for hydroxylation is 1. The van der Waals surface area contributed by atoms with Crippen LogP contribution in [0.1, 0.15) is 41.3 Å². The van der Waals surface area contributed by atoms with Gasteiger partial charge in [-0.2, -0.15) is 0 Å². The van der Waals surface area contributed by atoms with Gasteiger partial charge in [0.15, 0.2) is 0 Å². The molecule has 1 saturated heterocycles. The Morgan fingerprint density at radius 2 is 2.07 bits per heavy atom. The minimum atomic E-state index is -0.0475. The van der Waals surface area contributed by atoms with Crippen molar-refractivity contribution in [2.24, 2.45) is 11.1 Å². The van der Waals surface area contributed by atoms with Crippen LogP contribution < -0.4 is 5.73 Å². The van der Waals surface area contributed by atoms with Crippen LogP contribution in [0.5, 0.6) is 0 Å². The average molecular weight is 448 g/mol. The Hall–Kier alpha value is -0.790. The second-order valence-corrected chi connectivity index (χ2v) is 9.33. The maximum Gasteiger partial charge on any atom is 0.255 e. The monoisotopic (exact) mass is 447 g/mol. The van der Waals surface area contributed by atoms with Gasteiger partial charge in [-0.1, -0.05) is 26.0 Å². The van der Waals surface area contributed by atoms with Crippen molar-refractivity contribution in [3.8, 4) is 0 Å². The predicted molar refractivity (Wildman–Crippen MR) is 120 cm³/mol. The Labute approximate surface area is 182 Å².